The molecule has 0 amide bonds. The summed E-state index contributed by atoms with van der Waals surface area (Å²) in [4.78, 5) is 11.7. The van der Waals surface area contributed by atoms with Crippen molar-refractivity contribution in [2.75, 3.05) is 0 Å². The molecule has 0 saturated carbocycles. The molecule has 0 saturated heterocycles. The zero-order chi connectivity index (χ0) is 11.2. The minimum atomic E-state index is 0. The van der Waals surface area contributed by atoms with Crippen molar-refractivity contribution in [3.05, 3.63) is 77.9 Å². The van der Waals surface area contributed by atoms with Crippen LogP contribution in [0, 0.1) is 6.07 Å². The van der Waals surface area contributed by atoms with Gasteiger partial charge in [0.25, 0.3) is 0 Å². The summed E-state index contributed by atoms with van der Waals surface area (Å²) < 4.78 is 0. The molecule has 0 unspecified atom stereocenters. The number of allylic oxidation sites excluding steroid dienone is 1. The quantitative estimate of drug-likeness (QED) is 0.361. The Hall–Kier alpha value is -0.579. The first-order chi connectivity index (χ1) is 7.86. The molecule has 0 aliphatic carbocycles. The SMILES string of the molecule is O=C(/C=C/c1[c-]cccc1)c1ccccc1.[Ba+2].[H-]. The van der Waals surface area contributed by atoms with E-state index in [1.165, 1.54) is 0 Å². The number of hydrogen-bond acceptors (Lipinski definition) is 1. The Morgan fingerprint density at radius 2 is 1.76 bits per heavy atom. The fraction of sp³-hybridized carbons (Fsp3) is 0. The summed E-state index contributed by atoms with van der Waals surface area (Å²) in [7, 11) is 0. The minimum Gasteiger partial charge on any atom is -1.00 e. The van der Waals surface area contributed by atoms with Gasteiger partial charge in [-0.15, -0.1) is 36.4 Å². The predicted molar refractivity (Wildman–Crippen MR) is 72.0 cm³/mol. The predicted octanol–water partition coefficient (Wildman–Crippen LogP) is 3.11. The maximum Gasteiger partial charge on any atom is 2.00 e. The standard InChI is InChI=1S/C15H11O.Ba.H/c16-15(14-9-5-2-6-10-14)12-11-13-7-3-1-4-8-13;;/h1-7,9-12H;;/q-1;+2;-1/b12-11+;;. The van der Waals surface area contributed by atoms with E-state index in [1.54, 1.807) is 24.3 Å². The van der Waals surface area contributed by atoms with Crippen LogP contribution in [0.3, 0.4) is 0 Å². The Labute approximate surface area is 143 Å². The van der Waals surface area contributed by atoms with Crippen molar-refractivity contribution in [2.45, 2.75) is 0 Å². The molecule has 0 atom stereocenters. The smallest absolute Gasteiger partial charge is 1.00 e. The molecule has 0 aliphatic rings. The third kappa shape index (κ3) is 4.66. The van der Waals surface area contributed by atoms with Crippen LogP contribution in [0.25, 0.3) is 6.08 Å². The number of rotatable bonds is 3. The van der Waals surface area contributed by atoms with Gasteiger partial charge in [0.05, 0.1) is 0 Å². The van der Waals surface area contributed by atoms with Gasteiger partial charge >= 0.3 is 48.9 Å². The van der Waals surface area contributed by atoms with E-state index in [2.05, 4.69) is 6.07 Å². The van der Waals surface area contributed by atoms with Crippen molar-refractivity contribution >= 4 is 60.7 Å². The first-order valence-electron chi connectivity index (χ1n) is 5.10. The molecule has 0 aliphatic heterocycles. The topological polar surface area (TPSA) is 17.1 Å². The van der Waals surface area contributed by atoms with Gasteiger partial charge in [-0.05, 0) is 0 Å². The third-order valence-electron chi connectivity index (χ3n) is 2.21. The second kappa shape index (κ2) is 7.69. The van der Waals surface area contributed by atoms with E-state index < -0.39 is 0 Å². The number of benzene rings is 2. The van der Waals surface area contributed by atoms with Gasteiger partial charge < -0.3 is 1.43 Å². The van der Waals surface area contributed by atoms with Crippen molar-refractivity contribution in [3.8, 4) is 0 Å². The number of hydrogen-bond donors (Lipinski definition) is 0. The molecular formula is C15H12BaO. The van der Waals surface area contributed by atoms with Crippen LogP contribution in [0.1, 0.15) is 17.3 Å². The van der Waals surface area contributed by atoms with Crippen molar-refractivity contribution in [1.82, 2.24) is 0 Å². The molecule has 0 aromatic heterocycles. The van der Waals surface area contributed by atoms with E-state index in [1.807, 2.05) is 42.5 Å². The van der Waals surface area contributed by atoms with E-state index in [0.29, 0.717) is 5.56 Å². The number of ketones is 1. The maximum absolute atomic E-state index is 11.7. The van der Waals surface area contributed by atoms with Crippen LogP contribution in [0.15, 0.2) is 60.7 Å². The minimum absolute atomic E-state index is 0. The van der Waals surface area contributed by atoms with Crippen molar-refractivity contribution in [3.63, 3.8) is 0 Å². The zero-order valence-electron chi connectivity index (χ0n) is 10.5. The summed E-state index contributed by atoms with van der Waals surface area (Å²) in [5.41, 5.74) is 1.61. The molecule has 0 heterocycles. The van der Waals surface area contributed by atoms with Crippen molar-refractivity contribution in [1.29, 1.82) is 0 Å². The Kier molecular flexibility index (Phi) is 6.55. The summed E-state index contributed by atoms with van der Waals surface area (Å²) in [6.45, 7) is 0. The van der Waals surface area contributed by atoms with Gasteiger partial charge in [-0.3, -0.25) is 4.79 Å². The van der Waals surface area contributed by atoms with Gasteiger partial charge in [0, 0.05) is 5.56 Å². The molecule has 0 N–H and O–H groups in total. The summed E-state index contributed by atoms with van der Waals surface area (Å²) in [5, 5.41) is 0. The second-order valence-corrected chi connectivity index (χ2v) is 3.38. The Balaban J connectivity index is 0.00000144. The first kappa shape index (κ1) is 14.5. The molecule has 2 aromatic rings. The average molecular weight is 346 g/mol. The number of carbonyl (C=O) groups excluding carboxylic acids is 1. The molecule has 2 heteroatoms. The van der Waals surface area contributed by atoms with Gasteiger partial charge in [0.1, 0.15) is 0 Å². The summed E-state index contributed by atoms with van der Waals surface area (Å²) in [5.74, 6) is 0.0119. The van der Waals surface area contributed by atoms with Crippen LogP contribution in [0.4, 0.5) is 0 Å². The second-order valence-electron chi connectivity index (χ2n) is 3.38. The van der Waals surface area contributed by atoms with E-state index in [4.69, 9.17) is 0 Å². The van der Waals surface area contributed by atoms with Crippen LogP contribution in [-0.2, 0) is 0 Å². The molecule has 2 rings (SSSR count). The molecule has 0 bridgehead atoms. The largest absolute Gasteiger partial charge is 2.00 e. The van der Waals surface area contributed by atoms with Gasteiger partial charge in [0.15, 0.2) is 5.78 Å². The van der Waals surface area contributed by atoms with Gasteiger partial charge in [0.2, 0.25) is 0 Å². The maximum atomic E-state index is 11.7. The van der Waals surface area contributed by atoms with Gasteiger partial charge in [-0.2, -0.15) is 5.56 Å². The van der Waals surface area contributed by atoms with Gasteiger partial charge in [-0.25, -0.2) is 0 Å². The molecule has 80 valence electrons. The van der Waals surface area contributed by atoms with Crippen LogP contribution in [0.2, 0.25) is 0 Å². The first-order valence-corrected chi connectivity index (χ1v) is 5.10. The van der Waals surface area contributed by atoms with Crippen LogP contribution in [0.5, 0.6) is 0 Å². The Morgan fingerprint density at radius 1 is 1.06 bits per heavy atom. The van der Waals surface area contributed by atoms with E-state index in [-0.39, 0.29) is 56.1 Å². The molecular weight excluding hydrogens is 333 g/mol. The average Bonchev–Trinajstić information content (AvgIpc) is 2.38. The summed E-state index contributed by atoms with van der Waals surface area (Å²) in [6, 6.07) is 19.8. The molecule has 0 radical (unpaired) electrons. The summed E-state index contributed by atoms with van der Waals surface area (Å²) in [6.07, 6.45) is 3.34. The normalized spacial score (nSPS) is 9.88. The van der Waals surface area contributed by atoms with E-state index in [9.17, 15) is 4.79 Å². The molecule has 0 fully saturated rings. The Morgan fingerprint density at radius 3 is 2.41 bits per heavy atom. The summed E-state index contributed by atoms with van der Waals surface area (Å²) >= 11 is 0. The van der Waals surface area contributed by atoms with E-state index in [0.717, 1.165) is 5.56 Å². The Bertz CT molecular complexity index is 494. The van der Waals surface area contributed by atoms with Crippen molar-refractivity contribution in [2.24, 2.45) is 0 Å². The molecule has 2 aromatic carbocycles. The van der Waals surface area contributed by atoms with Gasteiger partial charge in [-0.1, -0.05) is 36.4 Å². The monoisotopic (exact) mass is 346 g/mol. The zero-order valence-corrected chi connectivity index (χ0v) is 13.9. The third-order valence-corrected chi connectivity index (χ3v) is 2.21. The van der Waals surface area contributed by atoms with E-state index >= 15 is 0 Å². The van der Waals surface area contributed by atoms with Crippen LogP contribution < -0.4 is 0 Å². The molecule has 17 heavy (non-hydrogen) atoms. The van der Waals surface area contributed by atoms with Crippen LogP contribution in [-0.4, -0.2) is 54.7 Å². The molecule has 1 nitrogen and oxygen atoms in total. The van der Waals surface area contributed by atoms with Crippen molar-refractivity contribution < 1.29 is 6.22 Å². The fourth-order valence-corrected chi connectivity index (χ4v) is 1.38. The molecule has 0 spiro atoms. The fourth-order valence-electron chi connectivity index (χ4n) is 1.38. The number of carbonyl (C=O) groups is 1. The van der Waals surface area contributed by atoms with Crippen LogP contribution >= 0.6 is 0 Å².